The minimum absolute atomic E-state index is 0.242. The number of rotatable bonds is 4. The molecule has 7 heteroatoms. The molecule has 22 heavy (non-hydrogen) atoms. The van der Waals surface area contributed by atoms with Crippen LogP contribution in [0.1, 0.15) is 11.1 Å². The van der Waals surface area contributed by atoms with Gasteiger partial charge in [0.1, 0.15) is 11.6 Å². The quantitative estimate of drug-likeness (QED) is 0.865. The molecule has 0 bridgehead atoms. The molecule has 1 unspecified atom stereocenters. The molecule has 0 spiro atoms. The molecular formula is C15H14FN3O3. The molecule has 0 radical (unpaired) electrons. The first kappa shape index (κ1) is 14.2. The molecule has 0 aliphatic carbocycles. The molecule has 0 saturated carbocycles. The minimum Gasteiger partial charge on any atom is -0.480 e. The molecule has 6 nitrogen and oxygen atoms in total. The highest BCUT2D eigenvalue weighted by Crippen LogP contribution is 2.29. The average molecular weight is 303 g/mol. The van der Waals surface area contributed by atoms with Crippen LogP contribution in [0.4, 0.5) is 4.39 Å². The largest absolute Gasteiger partial charge is 0.480 e. The van der Waals surface area contributed by atoms with Crippen LogP contribution in [0, 0.1) is 5.82 Å². The molecule has 3 rings (SSSR count). The zero-order valence-electron chi connectivity index (χ0n) is 11.6. The third-order valence-corrected chi connectivity index (χ3v) is 3.43. The van der Waals surface area contributed by atoms with Crippen molar-refractivity contribution in [3.8, 4) is 5.75 Å². The van der Waals surface area contributed by atoms with Crippen LogP contribution < -0.4 is 15.7 Å². The van der Waals surface area contributed by atoms with Crippen LogP contribution in [0.25, 0.3) is 0 Å². The fraction of sp³-hybridized carbons (Fsp3) is 0.267. The maximum atomic E-state index is 13.1. The Balaban J connectivity index is 1.51. The number of aromatic amines is 1. The lowest BCUT2D eigenvalue weighted by Gasteiger charge is -2.11. The van der Waals surface area contributed by atoms with Gasteiger partial charge in [-0.25, -0.2) is 14.2 Å². The van der Waals surface area contributed by atoms with E-state index in [2.05, 4.69) is 15.3 Å². The topological polar surface area (TPSA) is 84.1 Å². The highest BCUT2D eigenvalue weighted by Gasteiger charge is 2.29. The van der Waals surface area contributed by atoms with Crippen molar-refractivity contribution in [3.05, 3.63) is 58.0 Å². The zero-order valence-corrected chi connectivity index (χ0v) is 11.6. The highest BCUT2D eigenvalue weighted by molar-refractivity contribution is 5.82. The summed E-state index contributed by atoms with van der Waals surface area (Å²) in [6.45, 7) is 0.400. The number of nitrogens with one attached hydrogen (secondary N) is 2. The molecule has 1 atom stereocenters. The van der Waals surface area contributed by atoms with Crippen LogP contribution in [0.2, 0.25) is 0 Å². The van der Waals surface area contributed by atoms with Crippen molar-refractivity contribution in [2.45, 2.75) is 18.9 Å². The molecule has 1 aliphatic heterocycles. The van der Waals surface area contributed by atoms with E-state index in [0.29, 0.717) is 30.7 Å². The van der Waals surface area contributed by atoms with Crippen molar-refractivity contribution in [1.29, 1.82) is 0 Å². The molecule has 1 aliphatic rings. The van der Waals surface area contributed by atoms with Crippen LogP contribution >= 0.6 is 0 Å². The Labute approximate surface area is 125 Å². The number of carbonyl (C=O) groups is 1. The fourth-order valence-corrected chi connectivity index (χ4v) is 2.31. The summed E-state index contributed by atoms with van der Waals surface area (Å²) in [5.74, 6) is -0.0330. The molecule has 1 aromatic heterocycles. The summed E-state index contributed by atoms with van der Waals surface area (Å²) in [5, 5.41) is 2.76. The minimum atomic E-state index is -0.634. The summed E-state index contributed by atoms with van der Waals surface area (Å²) in [5.41, 5.74) is 1.11. The third kappa shape index (κ3) is 3.13. The first-order valence-corrected chi connectivity index (χ1v) is 6.88. The molecule has 1 amide bonds. The van der Waals surface area contributed by atoms with Gasteiger partial charge in [0.05, 0.1) is 0 Å². The van der Waals surface area contributed by atoms with Crippen molar-refractivity contribution in [2.24, 2.45) is 0 Å². The number of amides is 1. The number of ether oxygens (including phenoxy) is 1. The Morgan fingerprint density at radius 2 is 2.36 bits per heavy atom. The van der Waals surface area contributed by atoms with Crippen LogP contribution in [0.3, 0.4) is 0 Å². The van der Waals surface area contributed by atoms with E-state index in [4.69, 9.17) is 4.74 Å². The van der Waals surface area contributed by atoms with Gasteiger partial charge in [-0.05, 0) is 30.2 Å². The van der Waals surface area contributed by atoms with Crippen molar-refractivity contribution in [2.75, 3.05) is 6.54 Å². The van der Waals surface area contributed by atoms with Gasteiger partial charge >= 0.3 is 5.69 Å². The zero-order chi connectivity index (χ0) is 15.5. The predicted octanol–water partition coefficient (Wildman–Crippen LogP) is 0.571. The predicted molar refractivity (Wildman–Crippen MR) is 76.1 cm³/mol. The molecular weight excluding hydrogens is 289 g/mol. The van der Waals surface area contributed by atoms with Crippen molar-refractivity contribution >= 4 is 5.91 Å². The summed E-state index contributed by atoms with van der Waals surface area (Å²) >= 11 is 0. The van der Waals surface area contributed by atoms with E-state index in [-0.39, 0.29) is 11.7 Å². The Kier molecular flexibility index (Phi) is 3.86. The molecule has 0 saturated heterocycles. The van der Waals surface area contributed by atoms with Gasteiger partial charge < -0.3 is 15.0 Å². The first-order valence-electron chi connectivity index (χ1n) is 6.88. The van der Waals surface area contributed by atoms with Gasteiger partial charge in [0.25, 0.3) is 5.91 Å². The Hall–Kier alpha value is -2.70. The molecule has 1 aromatic carbocycles. The number of aromatic nitrogens is 2. The van der Waals surface area contributed by atoms with Crippen LogP contribution in [0.5, 0.6) is 5.75 Å². The van der Waals surface area contributed by atoms with Crippen molar-refractivity contribution in [3.63, 3.8) is 0 Å². The number of H-pyrrole nitrogens is 1. The van der Waals surface area contributed by atoms with Gasteiger partial charge in [0.15, 0.2) is 6.10 Å². The lowest BCUT2D eigenvalue weighted by Crippen LogP contribution is -2.38. The number of hydrogen-bond acceptors (Lipinski definition) is 4. The lowest BCUT2D eigenvalue weighted by atomic mass is 10.1. The second-order valence-electron chi connectivity index (χ2n) is 5.03. The first-order chi connectivity index (χ1) is 10.6. The van der Waals surface area contributed by atoms with E-state index in [1.807, 2.05) is 0 Å². The second-order valence-corrected chi connectivity index (χ2v) is 5.03. The Morgan fingerprint density at radius 1 is 1.50 bits per heavy atom. The van der Waals surface area contributed by atoms with Gasteiger partial charge in [-0.1, -0.05) is 0 Å². The Morgan fingerprint density at radius 3 is 3.14 bits per heavy atom. The lowest BCUT2D eigenvalue weighted by molar-refractivity contribution is -0.127. The van der Waals surface area contributed by atoms with Gasteiger partial charge in [0, 0.05) is 30.9 Å². The van der Waals surface area contributed by atoms with E-state index < -0.39 is 11.8 Å². The molecule has 2 heterocycles. The summed E-state index contributed by atoms with van der Waals surface area (Å²) in [4.78, 5) is 28.9. The number of fused-ring (bicyclic) bond motifs is 1. The van der Waals surface area contributed by atoms with E-state index in [0.717, 1.165) is 5.56 Å². The molecule has 2 N–H and O–H groups in total. The molecule has 114 valence electrons. The SMILES string of the molecule is O=C(NCCc1cnc(=O)[nH]c1)C1Cc2cc(F)ccc2O1. The number of halogens is 1. The second kappa shape index (κ2) is 5.97. The van der Waals surface area contributed by atoms with Crippen LogP contribution in [-0.2, 0) is 17.6 Å². The third-order valence-electron chi connectivity index (χ3n) is 3.43. The normalized spacial score (nSPS) is 16.0. The van der Waals surface area contributed by atoms with Crippen LogP contribution in [0.15, 0.2) is 35.4 Å². The number of benzene rings is 1. The molecule has 0 fully saturated rings. The number of nitrogens with zero attached hydrogens (tertiary/aromatic N) is 1. The van der Waals surface area contributed by atoms with Gasteiger partial charge in [0.2, 0.25) is 0 Å². The van der Waals surface area contributed by atoms with Crippen molar-refractivity contribution < 1.29 is 13.9 Å². The molecule has 2 aromatic rings. The summed E-state index contributed by atoms with van der Waals surface area (Å²) in [6, 6.07) is 4.22. The standard InChI is InChI=1S/C15H14FN3O3/c16-11-1-2-12-10(5-11)6-13(22-12)14(20)17-4-3-9-7-18-15(21)19-8-9/h1-2,5,7-8,13H,3-4,6H2,(H,17,20)(H,18,19,21). The fourth-order valence-electron chi connectivity index (χ4n) is 2.31. The van der Waals surface area contributed by atoms with Gasteiger partial charge in [-0.15, -0.1) is 0 Å². The maximum absolute atomic E-state index is 13.1. The van der Waals surface area contributed by atoms with Crippen molar-refractivity contribution in [1.82, 2.24) is 15.3 Å². The number of carbonyl (C=O) groups excluding carboxylic acids is 1. The smallest absolute Gasteiger partial charge is 0.344 e. The Bertz CT molecular complexity index is 739. The van der Waals surface area contributed by atoms with E-state index in [9.17, 15) is 14.0 Å². The van der Waals surface area contributed by atoms with E-state index in [1.54, 1.807) is 6.20 Å². The summed E-state index contributed by atoms with van der Waals surface area (Å²) in [7, 11) is 0. The number of hydrogen-bond donors (Lipinski definition) is 2. The van der Waals surface area contributed by atoms with E-state index in [1.165, 1.54) is 24.4 Å². The van der Waals surface area contributed by atoms with Gasteiger partial charge in [-0.3, -0.25) is 4.79 Å². The average Bonchev–Trinajstić information content (AvgIpc) is 2.92. The van der Waals surface area contributed by atoms with Crippen LogP contribution in [-0.4, -0.2) is 28.5 Å². The summed E-state index contributed by atoms with van der Waals surface area (Å²) < 4.78 is 18.6. The maximum Gasteiger partial charge on any atom is 0.344 e. The summed E-state index contributed by atoms with van der Waals surface area (Å²) in [6.07, 6.45) is 3.30. The monoisotopic (exact) mass is 303 g/mol. The van der Waals surface area contributed by atoms with E-state index >= 15 is 0 Å². The van der Waals surface area contributed by atoms with Gasteiger partial charge in [-0.2, -0.15) is 0 Å². The highest BCUT2D eigenvalue weighted by atomic mass is 19.1.